The fourth-order valence-corrected chi connectivity index (χ4v) is 2.27. The van der Waals surface area contributed by atoms with Gasteiger partial charge in [0, 0.05) is 11.4 Å². The molecule has 0 aliphatic carbocycles. The van der Waals surface area contributed by atoms with Crippen LogP contribution in [0.3, 0.4) is 0 Å². The van der Waals surface area contributed by atoms with Gasteiger partial charge in [-0.3, -0.25) is 4.98 Å². The molecule has 3 heteroatoms. The molecule has 3 aromatic rings. The van der Waals surface area contributed by atoms with Crippen molar-refractivity contribution in [2.24, 2.45) is 0 Å². The van der Waals surface area contributed by atoms with Crippen molar-refractivity contribution in [3.63, 3.8) is 0 Å². The highest BCUT2D eigenvalue weighted by molar-refractivity contribution is 5.88. The van der Waals surface area contributed by atoms with Crippen LogP contribution in [0.5, 0.6) is 11.5 Å². The quantitative estimate of drug-likeness (QED) is 0.772. The lowest BCUT2D eigenvalue weighted by Crippen LogP contribution is -2.13. The smallest absolute Gasteiger partial charge is 0.145 e. The monoisotopic (exact) mass is 278 g/mol. The Bertz CT molecular complexity index is 732. The second-order valence-electron chi connectivity index (χ2n) is 5.01. The Kier molecular flexibility index (Phi) is 3.84. The third-order valence-electron chi connectivity index (χ3n) is 3.61. The van der Waals surface area contributed by atoms with E-state index in [0.29, 0.717) is 0 Å². The van der Waals surface area contributed by atoms with Crippen LogP contribution in [-0.2, 0) is 0 Å². The number of aromatic nitrogens is 1. The van der Waals surface area contributed by atoms with Gasteiger partial charge < -0.3 is 10.1 Å². The number of benzene rings is 2. The third-order valence-corrected chi connectivity index (χ3v) is 3.61. The second-order valence-corrected chi connectivity index (χ2v) is 5.01. The van der Waals surface area contributed by atoms with Crippen LogP contribution in [0.25, 0.3) is 10.8 Å². The van der Waals surface area contributed by atoms with Crippen LogP contribution < -0.4 is 10.1 Å². The Morgan fingerprint density at radius 1 is 1.00 bits per heavy atom. The van der Waals surface area contributed by atoms with Gasteiger partial charge in [0.25, 0.3) is 0 Å². The molecule has 3 nitrogen and oxygen atoms in total. The van der Waals surface area contributed by atoms with E-state index in [1.54, 1.807) is 6.20 Å². The number of hydrogen-bond acceptors (Lipinski definition) is 3. The van der Waals surface area contributed by atoms with Crippen LogP contribution in [0.4, 0.5) is 0 Å². The molecule has 1 N–H and O–H groups in total. The van der Waals surface area contributed by atoms with Crippen LogP contribution in [-0.4, -0.2) is 12.0 Å². The normalized spacial score (nSPS) is 12.3. The molecule has 1 unspecified atom stereocenters. The second kappa shape index (κ2) is 5.94. The number of hydrogen-bond donors (Lipinski definition) is 1. The lowest BCUT2D eigenvalue weighted by atomic mass is 10.1. The maximum Gasteiger partial charge on any atom is 0.145 e. The molecule has 1 atom stereocenters. The zero-order valence-corrected chi connectivity index (χ0v) is 12.2. The van der Waals surface area contributed by atoms with Gasteiger partial charge >= 0.3 is 0 Å². The summed E-state index contributed by atoms with van der Waals surface area (Å²) in [7, 11) is 1.92. The molecular weight excluding hydrogens is 260 g/mol. The number of ether oxygens (including phenoxy) is 1. The molecule has 0 saturated heterocycles. The number of rotatable bonds is 4. The minimum absolute atomic E-state index is 0.233. The summed E-state index contributed by atoms with van der Waals surface area (Å²) in [5.41, 5.74) is 1.00. The van der Waals surface area contributed by atoms with Gasteiger partial charge in [-0.1, -0.05) is 36.4 Å². The van der Waals surface area contributed by atoms with Crippen molar-refractivity contribution in [3.05, 3.63) is 66.5 Å². The van der Waals surface area contributed by atoms with Gasteiger partial charge in [0.1, 0.15) is 11.5 Å². The van der Waals surface area contributed by atoms with E-state index < -0.39 is 0 Å². The molecule has 0 aliphatic heterocycles. The van der Waals surface area contributed by atoms with E-state index in [-0.39, 0.29) is 6.04 Å². The lowest BCUT2D eigenvalue weighted by Gasteiger charge is -2.11. The molecule has 0 radical (unpaired) electrons. The summed E-state index contributed by atoms with van der Waals surface area (Å²) in [6, 6.07) is 18.4. The molecule has 0 spiro atoms. The van der Waals surface area contributed by atoms with Crippen LogP contribution >= 0.6 is 0 Å². The highest BCUT2D eigenvalue weighted by Crippen LogP contribution is 2.29. The van der Waals surface area contributed by atoms with E-state index in [4.69, 9.17) is 4.74 Å². The number of pyridine rings is 1. The van der Waals surface area contributed by atoms with Crippen LogP contribution in [0.15, 0.2) is 60.8 Å². The minimum Gasteiger partial charge on any atom is -0.455 e. The molecule has 1 aromatic heterocycles. The molecule has 0 aliphatic rings. The first-order valence-electron chi connectivity index (χ1n) is 7.07. The Balaban J connectivity index is 1.88. The standard InChI is InChI=1S/C18H18N2O/c1-13(19-2)17-11-10-15(12-20-17)21-18-9-5-7-14-6-3-4-8-16(14)18/h3-13,19H,1-2H3. The predicted octanol–water partition coefficient (Wildman–Crippen LogP) is 4.31. The fourth-order valence-electron chi connectivity index (χ4n) is 2.27. The first-order chi connectivity index (χ1) is 10.3. The SMILES string of the molecule is CNC(C)c1ccc(Oc2cccc3ccccc23)cn1. The van der Waals surface area contributed by atoms with Crippen molar-refractivity contribution in [1.82, 2.24) is 10.3 Å². The molecule has 2 aromatic carbocycles. The summed E-state index contributed by atoms with van der Waals surface area (Å²) in [6.07, 6.45) is 1.77. The summed E-state index contributed by atoms with van der Waals surface area (Å²) < 4.78 is 5.98. The largest absolute Gasteiger partial charge is 0.455 e. The van der Waals surface area contributed by atoms with E-state index in [1.165, 1.54) is 5.39 Å². The molecular formula is C18H18N2O. The Labute approximate surface area is 124 Å². The molecule has 106 valence electrons. The van der Waals surface area contributed by atoms with Gasteiger partial charge in [-0.05, 0) is 37.6 Å². The summed E-state index contributed by atoms with van der Waals surface area (Å²) >= 11 is 0. The van der Waals surface area contributed by atoms with Crippen molar-refractivity contribution < 1.29 is 4.74 Å². The summed E-state index contributed by atoms with van der Waals surface area (Å²) in [6.45, 7) is 2.08. The zero-order chi connectivity index (χ0) is 14.7. The molecule has 1 heterocycles. The minimum atomic E-state index is 0.233. The van der Waals surface area contributed by atoms with Gasteiger partial charge in [0.05, 0.1) is 11.9 Å². The van der Waals surface area contributed by atoms with Crippen LogP contribution in [0.1, 0.15) is 18.7 Å². The average Bonchev–Trinajstić information content (AvgIpc) is 2.55. The highest BCUT2D eigenvalue weighted by Gasteiger charge is 2.06. The van der Waals surface area contributed by atoms with E-state index in [0.717, 1.165) is 22.6 Å². The molecule has 3 rings (SSSR count). The lowest BCUT2D eigenvalue weighted by molar-refractivity contribution is 0.484. The highest BCUT2D eigenvalue weighted by atomic mass is 16.5. The fraction of sp³-hybridized carbons (Fsp3) is 0.167. The molecule has 0 amide bonds. The van der Waals surface area contributed by atoms with Crippen molar-refractivity contribution in [3.8, 4) is 11.5 Å². The summed E-state index contributed by atoms with van der Waals surface area (Å²) in [5, 5.41) is 5.45. The summed E-state index contributed by atoms with van der Waals surface area (Å²) in [4.78, 5) is 4.44. The van der Waals surface area contributed by atoms with Gasteiger partial charge in [0.2, 0.25) is 0 Å². The molecule has 0 bridgehead atoms. The van der Waals surface area contributed by atoms with Crippen LogP contribution in [0, 0.1) is 0 Å². The Morgan fingerprint density at radius 3 is 2.57 bits per heavy atom. The first kappa shape index (κ1) is 13.6. The van der Waals surface area contributed by atoms with Gasteiger partial charge in [0.15, 0.2) is 0 Å². The maximum atomic E-state index is 5.98. The maximum absolute atomic E-state index is 5.98. The number of nitrogens with one attached hydrogen (secondary N) is 1. The molecule has 0 fully saturated rings. The third kappa shape index (κ3) is 2.88. The van der Waals surface area contributed by atoms with E-state index in [1.807, 2.05) is 43.4 Å². The predicted molar refractivity (Wildman–Crippen MR) is 85.7 cm³/mol. The molecule has 0 saturated carbocycles. The first-order valence-corrected chi connectivity index (χ1v) is 7.07. The molecule has 21 heavy (non-hydrogen) atoms. The van der Waals surface area contributed by atoms with E-state index in [2.05, 4.69) is 35.4 Å². The van der Waals surface area contributed by atoms with Crippen molar-refractivity contribution in [1.29, 1.82) is 0 Å². The topological polar surface area (TPSA) is 34.1 Å². The van der Waals surface area contributed by atoms with Crippen molar-refractivity contribution >= 4 is 10.8 Å². The average molecular weight is 278 g/mol. The van der Waals surface area contributed by atoms with E-state index >= 15 is 0 Å². The van der Waals surface area contributed by atoms with Gasteiger partial charge in [-0.25, -0.2) is 0 Å². The Morgan fingerprint density at radius 2 is 1.81 bits per heavy atom. The zero-order valence-electron chi connectivity index (χ0n) is 12.2. The van der Waals surface area contributed by atoms with Gasteiger partial charge in [-0.15, -0.1) is 0 Å². The van der Waals surface area contributed by atoms with Crippen molar-refractivity contribution in [2.45, 2.75) is 13.0 Å². The van der Waals surface area contributed by atoms with E-state index in [9.17, 15) is 0 Å². The number of fused-ring (bicyclic) bond motifs is 1. The van der Waals surface area contributed by atoms with Crippen LogP contribution in [0.2, 0.25) is 0 Å². The van der Waals surface area contributed by atoms with Crippen molar-refractivity contribution in [2.75, 3.05) is 7.05 Å². The van der Waals surface area contributed by atoms with Gasteiger partial charge in [-0.2, -0.15) is 0 Å². The summed E-state index contributed by atoms with van der Waals surface area (Å²) in [5.74, 6) is 1.60. The number of nitrogens with zero attached hydrogens (tertiary/aromatic N) is 1. The Hall–Kier alpha value is -2.39.